The van der Waals surface area contributed by atoms with Gasteiger partial charge in [0.15, 0.2) is 0 Å². The molecule has 4 aromatic rings. The summed E-state index contributed by atoms with van der Waals surface area (Å²) in [5.74, 6) is 0. The summed E-state index contributed by atoms with van der Waals surface area (Å²) in [4.78, 5) is 10.5. The molecule has 0 spiro atoms. The van der Waals surface area contributed by atoms with Gasteiger partial charge in [0, 0.05) is 50.4 Å². The molecule has 0 atom stereocenters. The zero-order valence-electron chi connectivity index (χ0n) is 18.6. The molecule has 0 bridgehead atoms. The van der Waals surface area contributed by atoms with Gasteiger partial charge in [-0.2, -0.15) is 5.10 Å². The minimum Gasteiger partial charge on any atom is -0.318 e. The largest absolute Gasteiger partial charge is 0.318 e. The van der Waals surface area contributed by atoms with Crippen LogP contribution in [0.1, 0.15) is 22.5 Å². The second kappa shape index (κ2) is 10.1. The van der Waals surface area contributed by atoms with E-state index >= 15 is 0 Å². The molecule has 0 unspecified atom stereocenters. The summed E-state index contributed by atoms with van der Waals surface area (Å²) in [5, 5.41) is 16.4. The van der Waals surface area contributed by atoms with Crippen LogP contribution in [0.4, 0.5) is 5.69 Å². The molecule has 1 N–H and O–H groups in total. The number of aryl methyl sites for hydroxylation is 1. The first-order valence-electron chi connectivity index (χ1n) is 10.6. The summed E-state index contributed by atoms with van der Waals surface area (Å²) in [6.07, 6.45) is 1.79. The van der Waals surface area contributed by atoms with Gasteiger partial charge in [-0.05, 0) is 67.4 Å². The van der Waals surface area contributed by atoms with Gasteiger partial charge >= 0.3 is 0 Å². The van der Waals surface area contributed by atoms with Crippen LogP contribution in [0.25, 0.3) is 16.8 Å². The molecule has 34 heavy (non-hydrogen) atoms. The molecule has 0 aliphatic rings. The van der Waals surface area contributed by atoms with E-state index in [0.717, 1.165) is 39.3 Å². The fraction of sp³-hybridized carbons (Fsp3) is 0.115. The molecule has 0 amide bonds. The van der Waals surface area contributed by atoms with Crippen molar-refractivity contribution in [1.29, 1.82) is 0 Å². The molecule has 0 radical (unpaired) electrons. The number of nitro groups is 1. The van der Waals surface area contributed by atoms with Crippen LogP contribution in [-0.4, -0.2) is 15.7 Å². The van der Waals surface area contributed by atoms with Crippen LogP contribution in [0.2, 0.25) is 10.0 Å². The summed E-state index contributed by atoms with van der Waals surface area (Å²) in [7, 11) is 0. The lowest BCUT2D eigenvalue weighted by Gasteiger charge is -2.11. The Morgan fingerprint density at radius 2 is 1.56 bits per heavy atom. The van der Waals surface area contributed by atoms with Crippen molar-refractivity contribution in [3.8, 4) is 16.8 Å². The number of aromatic nitrogens is 1. The summed E-state index contributed by atoms with van der Waals surface area (Å²) in [6, 6.07) is 22.1. The van der Waals surface area contributed by atoms with Crippen molar-refractivity contribution in [1.82, 2.24) is 9.99 Å². The van der Waals surface area contributed by atoms with Gasteiger partial charge in [0.1, 0.15) is 0 Å². The first-order chi connectivity index (χ1) is 16.3. The number of nitrogens with zero attached hydrogens (tertiary/aromatic N) is 3. The molecule has 3 aromatic carbocycles. The van der Waals surface area contributed by atoms with Gasteiger partial charge in [0.05, 0.1) is 17.7 Å². The van der Waals surface area contributed by atoms with Gasteiger partial charge in [-0.3, -0.25) is 10.1 Å². The van der Waals surface area contributed by atoms with Crippen LogP contribution in [0.3, 0.4) is 0 Å². The fourth-order valence-electron chi connectivity index (χ4n) is 3.84. The number of hydrogen-bond acceptors (Lipinski definition) is 4. The Morgan fingerprint density at radius 1 is 0.971 bits per heavy atom. The maximum Gasteiger partial charge on any atom is 0.269 e. The molecule has 0 fully saturated rings. The normalized spacial score (nSPS) is 11.2. The highest BCUT2D eigenvalue weighted by Gasteiger charge is 2.11. The molecule has 0 aliphatic carbocycles. The zero-order valence-corrected chi connectivity index (χ0v) is 20.1. The Morgan fingerprint density at radius 3 is 2.15 bits per heavy atom. The second-order valence-corrected chi connectivity index (χ2v) is 8.62. The Balaban J connectivity index is 1.49. The number of nitrogens with one attached hydrogen (secondary N) is 1. The molecule has 0 aliphatic heterocycles. The Hall–Kier alpha value is -3.61. The van der Waals surface area contributed by atoms with Gasteiger partial charge in [0.25, 0.3) is 5.69 Å². The van der Waals surface area contributed by atoms with Crippen molar-refractivity contribution in [2.24, 2.45) is 5.10 Å². The molecule has 0 saturated heterocycles. The Bertz CT molecular complexity index is 1340. The standard InChI is InChI=1S/C26H22Cl2N4O2/c1-17-14-21(15-29-30-16-24-25(27)4-3-5-26(24)28)18(2)31(17)22-10-6-19(7-11-22)20-8-12-23(13-9-20)32(33)34/h3-15,30H,16H2,1-2H3/b29-15-. The zero-order chi connectivity index (χ0) is 24.2. The topological polar surface area (TPSA) is 72.5 Å². The molecular weight excluding hydrogens is 471 g/mol. The first-order valence-corrected chi connectivity index (χ1v) is 11.3. The van der Waals surface area contributed by atoms with Crippen molar-refractivity contribution >= 4 is 35.1 Å². The van der Waals surface area contributed by atoms with Crippen molar-refractivity contribution in [2.75, 3.05) is 0 Å². The Labute approximate surface area is 207 Å². The molecule has 1 aromatic heterocycles. The minimum atomic E-state index is -0.396. The van der Waals surface area contributed by atoms with Gasteiger partial charge < -0.3 is 9.99 Å². The van der Waals surface area contributed by atoms with Crippen molar-refractivity contribution in [3.63, 3.8) is 0 Å². The average molecular weight is 493 g/mol. The summed E-state index contributed by atoms with van der Waals surface area (Å²) in [5.41, 5.74) is 9.98. The van der Waals surface area contributed by atoms with Gasteiger partial charge in [-0.1, -0.05) is 41.4 Å². The number of nitro benzene ring substituents is 1. The number of non-ortho nitro benzene ring substituents is 1. The van der Waals surface area contributed by atoms with E-state index in [9.17, 15) is 10.1 Å². The molecular formula is C26H22Cl2N4O2. The molecule has 4 rings (SSSR count). The predicted octanol–water partition coefficient (Wildman–Crippen LogP) is 7.10. The van der Waals surface area contributed by atoms with Gasteiger partial charge in [-0.15, -0.1) is 0 Å². The highest BCUT2D eigenvalue weighted by atomic mass is 35.5. The SMILES string of the molecule is Cc1cc(/C=N\NCc2c(Cl)cccc2Cl)c(C)n1-c1ccc(-c2ccc([N+](=O)[O-])cc2)cc1. The van der Waals surface area contributed by atoms with Crippen LogP contribution in [0.5, 0.6) is 0 Å². The highest BCUT2D eigenvalue weighted by molar-refractivity contribution is 6.35. The van der Waals surface area contributed by atoms with Crippen LogP contribution in [-0.2, 0) is 6.54 Å². The lowest BCUT2D eigenvalue weighted by atomic mass is 10.0. The lowest BCUT2D eigenvalue weighted by Crippen LogP contribution is -2.07. The third-order valence-electron chi connectivity index (χ3n) is 5.62. The maximum atomic E-state index is 10.9. The first kappa shape index (κ1) is 23.5. The van der Waals surface area contributed by atoms with E-state index in [0.29, 0.717) is 16.6 Å². The van der Waals surface area contributed by atoms with Crippen LogP contribution in [0, 0.1) is 24.0 Å². The summed E-state index contributed by atoms with van der Waals surface area (Å²) in [6.45, 7) is 4.52. The predicted molar refractivity (Wildman–Crippen MR) is 138 cm³/mol. The van der Waals surface area contributed by atoms with E-state index in [1.165, 1.54) is 12.1 Å². The fourth-order valence-corrected chi connectivity index (χ4v) is 4.37. The van der Waals surface area contributed by atoms with E-state index in [4.69, 9.17) is 23.2 Å². The molecule has 0 saturated carbocycles. The number of halogens is 2. The van der Waals surface area contributed by atoms with E-state index in [1.54, 1.807) is 30.5 Å². The quantitative estimate of drug-likeness (QED) is 0.170. The van der Waals surface area contributed by atoms with Crippen molar-refractivity contribution in [2.45, 2.75) is 20.4 Å². The highest BCUT2D eigenvalue weighted by Crippen LogP contribution is 2.26. The van der Waals surface area contributed by atoms with E-state index in [-0.39, 0.29) is 5.69 Å². The molecule has 6 nitrogen and oxygen atoms in total. The number of hydrazone groups is 1. The van der Waals surface area contributed by atoms with E-state index < -0.39 is 4.92 Å². The van der Waals surface area contributed by atoms with Crippen molar-refractivity contribution in [3.05, 3.63) is 115 Å². The number of hydrogen-bond donors (Lipinski definition) is 1. The summed E-state index contributed by atoms with van der Waals surface area (Å²) >= 11 is 12.4. The van der Waals surface area contributed by atoms with Gasteiger partial charge in [0.2, 0.25) is 0 Å². The smallest absolute Gasteiger partial charge is 0.269 e. The van der Waals surface area contributed by atoms with Crippen molar-refractivity contribution < 1.29 is 4.92 Å². The monoisotopic (exact) mass is 492 g/mol. The molecule has 8 heteroatoms. The Kier molecular flexibility index (Phi) is 7.01. The third-order valence-corrected chi connectivity index (χ3v) is 6.33. The third kappa shape index (κ3) is 4.98. The minimum absolute atomic E-state index is 0.0811. The van der Waals surface area contributed by atoms with Crippen LogP contribution < -0.4 is 5.43 Å². The van der Waals surface area contributed by atoms with Crippen LogP contribution in [0.15, 0.2) is 77.9 Å². The van der Waals surface area contributed by atoms with E-state index in [2.05, 4.69) is 21.2 Å². The average Bonchev–Trinajstić information content (AvgIpc) is 3.11. The van der Waals surface area contributed by atoms with Gasteiger partial charge in [-0.25, -0.2) is 0 Å². The second-order valence-electron chi connectivity index (χ2n) is 7.81. The number of benzene rings is 3. The molecule has 172 valence electrons. The lowest BCUT2D eigenvalue weighted by molar-refractivity contribution is -0.384. The maximum absolute atomic E-state index is 10.9. The van der Waals surface area contributed by atoms with Crippen LogP contribution >= 0.6 is 23.2 Å². The van der Waals surface area contributed by atoms with E-state index in [1.807, 2.05) is 44.2 Å². The molecule has 1 heterocycles. The summed E-state index contributed by atoms with van der Waals surface area (Å²) < 4.78 is 2.16. The number of rotatable bonds is 7.